The molecule has 5 aromatic rings. The SMILES string of the molecule is Cc1ncsc1-c1ccc([C@H](C)NC(=O)[C@@H]2CCCN2C(=O)C(NC(=O)COCCOCCOCCOc2ccc3nc(-c4ccc(N(C)C)cc4)ccc3c2)C(C)(C)C)cc1. The normalized spacial score (nSPS) is 15.0. The Labute approximate surface area is 369 Å². The maximum atomic E-state index is 14.0. The van der Waals surface area contributed by atoms with Crippen molar-refractivity contribution in [3.63, 3.8) is 0 Å². The highest BCUT2D eigenvalue weighted by atomic mass is 32.1. The monoisotopic (exact) mass is 864 g/mol. The summed E-state index contributed by atoms with van der Waals surface area (Å²) in [6.45, 7) is 11.8. The fourth-order valence-electron chi connectivity index (χ4n) is 7.32. The highest BCUT2D eigenvalue weighted by Gasteiger charge is 2.42. The number of amides is 3. The number of carbonyl (C=O) groups excluding carboxylic acids is 3. The van der Waals surface area contributed by atoms with Crippen LogP contribution in [0, 0.1) is 12.3 Å². The lowest BCUT2D eigenvalue weighted by atomic mass is 9.85. The van der Waals surface area contributed by atoms with Gasteiger partial charge in [0.1, 0.15) is 31.0 Å². The first-order valence-electron chi connectivity index (χ1n) is 21.2. The third-order valence-corrected chi connectivity index (χ3v) is 11.8. The Morgan fingerprint density at radius 3 is 2.19 bits per heavy atom. The van der Waals surface area contributed by atoms with Gasteiger partial charge in [-0.2, -0.15) is 0 Å². The predicted molar refractivity (Wildman–Crippen MR) is 244 cm³/mol. The first kappa shape index (κ1) is 46.1. The van der Waals surface area contributed by atoms with Gasteiger partial charge in [0.2, 0.25) is 17.7 Å². The van der Waals surface area contributed by atoms with E-state index in [-0.39, 0.29) is 37.7 Å². The lowest BCUT2D eigenvalue weighted by molar-refractivity contribution is -0.144. The summed E-state index contributed by atoms with van der Waals surface area (Å²) in [7, 11) is 4.05. The minimum atomic E-state index is -0.840. The topological polar surface area (TPSA) is 144 Å². The fourth-order valence-corrected chi connectivity index (χ4v) is 8.13. The van der Waals surface area contributed by atoms with Gasteiger partial charge in [-0.3, -0.25) is 14.4 Å². The molecular weight excluding hydrogens is 805 g/mol. The van der Waals surface area contributed by atoms with Gasteiger partial charge in [0.15, 0.2) is 0 Å². The number of ether oxygens (including phenoxy) is 4. The second-order valence-electron chi connectivity index (χ2n) is 16.8. The molecule has 1 saturated heterocycles. The molecule has 1 aliphatic heterocycles. The molecule has 0 spiro atoms. The second-order valence-corrected chi connectivity index (χ2v) is 17.6. The third-order valence-electron chi connectivity index (χ3n) is 10.8. The summed E-state index contributed by atoms with van der Waals surface area (Å²) in [4.78, 5) is 54.5. The Kier molecular flexibility index (Phi) is 16.1. The van der Waals surface area contributed by atoms with Crippen molar-refractivity contribution in [1.82, 2.24) is 25.5 Å². The molecular formula is C48H60N6O7S. The van der Waals surface area contributed by atoms with Gasteiger partial charge in [-0.15, -0.1) is 11.3 Å². The number of hydrogen-bond acceptors (Lipinski definition) is 11. The summed E-state index contributed by atoms with van der Waals surface area (Å²) >= 11 is 1.60. The van der Waals surface area contributed by atoms with E-state index in [1.807, 2.05) is 103 Å². The number of likely N-dealkylation sites (tertiary alicyclic amines) is 1. The molecule has 3 amide bonds. The zero-order chi connectivity index (χ0) is 44.2. The van der Waals surface area contributed by atoms with Crippen molar-refractivity contribution in [2.75, 3.05) is 71.8 Å². The van der Waals surface area contributed by atoms with Crippen LogP contribution in [0.5, 0.6) is 5.75 Å². The highest BCUT2D eigenvalue weighted by molar-refractivity contribution is 7.13. The maximum Gasteiger partial charge on any atom is 0.246 e. The largest absolute Gasteiger partial charge is 0.491 e. The van der Waals surface area contributed by atoms with Crippen molar-refractivity contribution in [3.8, 4) is 27.4 Å². The molecule has 6 rings (SSSR count). The number of rotatable bonds is 20. The number of fused-ring (bicyclic) bond motifs is 1. The zero-order valence-electron chi connectivity index (χ0n) is 36.9. The van der Waals surface area contributed by atoms with E-state index in [4.69, 9.17) is 23.9 Å². The molecule has 14 heteroatoms. The van der Waals surface area contributed by atoms with Crippen molar-refractivity contribution in [3.05, 3.63) is 95.6 Å². The lowest BCUT2D eigenvalue weighted by Gasteiger charge is -2.35. The molecule has 0 radical (unpaired) electrons. The van der Waals surface area contributed by atoms with E-state index in [0.717, 1.165) is 55.3 Å². The van der Waals surface area contributed by atoms with Gasteiger partial charge in [0.05, 0.1) is 66.4 Å². The quantitative estimate of drug-likeness (QED) is 0.0770. The van der Waals surface area contributed by atoms with E-state index in [9.17, 15) is 14.4 Å². The number of nitrogens with one attached hydrogen (secondary N) is 2. The Hall–Kier alpha value is -5.41. The molecule has 2 aromatic heterocycles. The summed E-state index contributed by atoms with van der Waals surface area (Å²) in [6.07, 6.45) is 1.26. The van der Waals surface area contributed by atoms with Crippen molar-refractivity contribution in [2.45, 2.75) is 65.6 Å². The third kappa shape index (κ3) is 12.4. The van der Waals surface area contributed by atoms with Crippen molar-refractivity contribution in [2.24, 2.45) is 5.41 Å². The van der Waals surface area contributed by atoms with Gasteiger partial charge in [-0.05, 0) is 79.6 Å². The van der Waals surface area contributed by atoms with Crippen LogP contribution in [-0.4, -0.2) is 112 Å². The van der Waals surface area contributed by atoms with Crippen LogP contribution in [0.1, 0.15) is 57.8 Å². The zero-order valence-corrected chi connectivity index (χ0v) is 37.8. The highest BCUT2D eigenvalue weighted by Crippen LogP contribution is 2.30. The Bertz CT molecular complexity index is 2260. The minimum Gasteiger partial charge on any atom is -0.491 e. The van der Waals surface area contributed by atoms with E-state index in [2.05, 4.69) is 50.8 Å². The van der Waals surface area contributed by atoms with Crippen LogP contribution in [0.25, 0.3) is 32.6 Å². The first-order valence-corrected chi connectivity index (χ1v) is 22.1. The molecule has 1 unspecified atom stereocenters. The summed E-state index contributed by atoms with van der Waals surface area (Å²) in [6, 6.07) is 24.7. The van der Waals surface area contributed by atoms with Gasteiger partial charge in [0.25, 0.3) is 0 Å². The number of pyridine rings is 1. The molecule has 13 nitrogen and oxygen atoms in total. The molecule has 1 fully saturated rings. The van der Waals surface area contributed by atoms with E-state index >= 15 is 0 Å². The van der Waals surface area contributed by atoms with Gasteiger partial charge in [-0.1, -0.05) is 63.2 Å². The van der Waals surface area contributed by atoms with Crippen molar-refractivity contribution < 1.29 is 33.3 Å². The Morgan fingerprint density at radius 2 is 1.53 bits per heavy atom. The average molecular weight is 865 g/mol. The second kappa shape index (κ2) is 21.6. The molecule has 330 valence electrons. The summed E-state index contributed by atoms with van der Waals surface area (Å²) < 4.78 is 22.7. The van der Waals surface area contributed by atoms with Gasteiger partial charge in [-0.25, -0.2) is 9.97 Å². The number of hydrogen-bond donors (Lipinski definition) is 2. The summed E-state index contributed by atoms with van der Waals surface area (Å²) in [5, 5.41) is 6.98. The molecule has 3 heterocycles. The minimum absolute atomic E-state index is 0.200. The van der Waals surface area contributed by atoms with E-state index in [0.29, 0.717) is 45.8 Å². The summed E-state index contributed by atoms with van der Waals surface area (Å²) in [5.74, 6) is -0.148. The van der Waals surface area contributed by atoms with E-state index in [1.54, 1.807) is 16.2 Å². The molecule has 3 aromatic carbocycles. The van der Waals surface area contributed by atoms with Crippen molar-refractivity contribution in [1.29, 1.82) is 0 Å². The van der Waals surface area contributed by atoms with Crippen molar-refractivity contribution >= 4 is 45.6 Å². The standard InChI is InChI=1S/C48H60N6O7S/c1-32(34-10-12-36(13-11-34)44-33(2)49-31-62-44)50-46(56)42-9-8-22-54(42)47(57)45(48(3,4)5)52-43(55)30-60-26-25-58-23-24-59-27-28-61-39-19-21-41-37(29-39)16-20-40(51-41)35-14-17-38(18-15-35)53(6)7/h10-21,29,31-32,42,45H,8-9,22-28,30H2,1-7H3,(H,50,56)(H,52,55)/t32-,42-,45?/m0/s1. The van der Waals surface area contributed by atoms with Gasteiger partial charge in [0, 0.05) is 37.3 Å². The molecule has 1 aliphatic rings. The van der Waals surface area contributed by atoms with Crippen LogP contribution in [0.2, 0.25) is 0 Å². The molecule has 62 heavy (non-hydrogen) atoms. The number of aromatic nitrogens is 2. The predicted octanol–water partition coefficient (Wildman–Crippen LogP) is 7.23. The van der Waals surface area contributed by atoms with Crippen LogP contribution in [0.4, 0.5) is 5.69 Å². The molecule has 2 N–H and O–H groups in total. The number of nitrogens with zero attached hydrogens (tertiary/aromatic N) is 4. The van der Waals surface area contributed by atoms with Gasteiger partial charge >= 0.3 is 0 Å². The number of thiazole rings is 1. The first-order chi connectivity index (χ1) is 29.8. The average Bonchev–Trinajstić information content (AvgIpc) is 3.93. The number of carbonyl (C=O) groups is 3. The number of aryl methyl sites for hydroxylation is 1. The molecule has 0 saturated carbocycles. The van der Waals surface area contributed by atoms with Crippen LogP contribution in [0.3, 0.4) is 0 Å². The van der Waals surface area contributed by atoms with Gasteiger partial charge < -0.3 is 39.4 Å². The fraction of sp³-hybridized carbons (Fsp3) is 0.438. The van der Waals surface area contributed by atoms with Crippen LogP contribution in [-0.2, 0) is 28.6 Å². The van der Waals surface area contributed by atoms with Crippen LogP contribution in [0.15, 0.2) is 84.4 Å². The number of benzene rings is 3. The van der Waals surface area contributed by atoms with E-state index < -0.39 is 23.4 Å². The molecule has 0 aliphatic carbocycles. The van der Waals surface area contributed by atoms with E-state index in [1.165, 1.54) is 0 Å². The van der Waals surface area contributed by atoms with Crippen LogP contribution < -0.4 is 20.3 Å². The lowest BCUT2D eigenvalue weighted by Crippen LogP contribution is -2.58. The summed E-state index contributed by atoms with van der Waals surface area (Å²) in [5.41, 5.74) is 8.30. The smallest absolute Gasteiger partial charge is 0.246 e. The Morgan fingerprint density at radius 1 is 0.855 bits per heavy atom. The molecule has 3 atom stereocenters. The maximum absolute atomic E-state index is 14.0. The molecule has 0 bridgehead atoms. The van der Waals surface area contributed by atoms with Crippen LogP contribution >= 0.6 is 11.3 Å². The Balaban J connectivity index is 0.849. The number of anilines is 1.